The van der Waals surface area contributed by atoms with Gasteiger partial charge in [-0.25, -0.2) is 4.79 Å². The lowest BCUT2D eigenvalue weighted by atomic mass is 10.0. The number of carbonyl (C=O) groups excluding carboxylic acids is 2. The summed E-state index contributed by atoms with van der Waals surface area (Å²) in [5.74, 6) is 0.274. The van der Waals surface area contributed by atoms with E-state index >= 15 is 0 Å². The van der Waals surface area contributed by atoms with Crippen molar-refractivity contribution in [3.8, 4) is 5.88 Å². The molecule has 0 aliphatic heterocycles. The van der Waals surface area contributed by atoms with E-state index in [2.05, 4.69) is 22.2 Å². The molecule has 0 aromatic carbocycles. The summed E-state index contributed by atoms with van der Waals surface area (Å²) < 4.78 is 51.6. The second-order valence-electron chi connectivity index (χ2n) is 13.8. The van der Waals surface area contributed by atoms with Gasteiger partial charge in [-0.15, -0.1) is 0 Å². The Labute approximate surface area is 317 Å². The summed E-state index contributed by atoms with van der Waals surface area (Å²) in [6, 6.07) is 1.98. The fraction of sp³-hybridized carbons (Fsp3) is 0.789. The number of unbranched alkanes of at least 4 members (excludes halogenated alkanes) is 13. The Balaban J connectivity index is 1.74. The number of carbonyl (C=O) groups is 2. The third-order valence-electron chi connectivity index (χ3n) is 8.27. The first kappa shape index (κ1) is 46.2. The van der Waals surface area contributed by atoms with Crippen molar-refractivity contribution >= 4 is 31.5 Å². The van der Waals surface area contributed by atoms with Crippen LogP contribution in [-0.4, -0.2) is 73.6 Å². The summed E-state index contributed by atoms with van der Waals surface area (Å²) in [5.41, 5.74) is 6.33. The number of nitrogens with one attached hydrogen (secondary N) is 1. The van der Waals surface area contributed by atoms with Crippen LogP contribution in [0.3, 0.4) is 0 Å². The van der Waals surface area contributed by atoms with Gasteiger partial charge in [0, 0.05) is 37.8 Å². The molecule has 0 radical (unpaired) electrons. The lowest BCUT2D eigenvalue weighted by molar-refractivity contribution is -0.135. The van der Waals surface area contributed by atoms with Crippen LogP contribution in [0.2, 0.25) is 0 Å². The molecule has 0 saturated heterocycles. The van der Waals surface area contributed by atoms with Crippen LogP contribution in [0.15, 0.2) is 17.9 Å². The minimum absolute atomic E-state index is 0.0435. The molecule has 1 saturated carbocycles. The first-order chi connectivity index (χ1) is 25.6. The average molecular weight is 771 g/mol. The molecule has 1 unspecified atom stereocenters. The molecular weight excluding hydrogens is 703 g/mol. The molecule has 1 atom stereocenters. The maximum atomic E-state index is 13.8. The Bertz CT molecular complexity index is 1230. The van der Waals surface area contributed by atoms with E-state index in [0.29, 0.717) is 37.1 Å². The Kier molecular flexibility index (Phi) is 24.9. The van der Waals surface area contributed by atoms with E-state index in [4.69, 9.17) is 38.5 Å². The van der Waals surface area contributed by atoms with Gasteiger partial charge in [0.15, 0.2) is 0 Å². The molecule has 1 aromatic rings. The molecule has 0 amide bonds. The van der Waals surface area contributed by atoms with Crippen molar-refractivity contribution in [3.05, 3.63) is 17.9 Å². The van der Waals surface area contributed by atoms with Gasteiger partial charge < -0.3 is 39.3 Å². The number of nitrogens with zero attached hydrogens (tertiary/aromatic N) is 2. The first-order valence-electron chi connectivity index (χ1n) is 19.8. The normalized spacial score (nSPS) is 14.2. The van der Waals surface area contributed by atoms with Crippen LogP contribution < -0.4 is 15.8 Å². The first-order valence-corrected chi connectivity index (χ1v) is 21.5. The van der Waals surface area contributed by atoms with E-state index in [9.17, 15) is 14.2 Å². The van der Waals surface area contributed by atoms with Crippen molar-refractivity contribution in [2.45, 2.75) is 155 Å². The number of nitrogens with two attached hydrogens (primary N) is 1. The predicted molar refractivity (Wildman–Crippen MR) is 206 cm³/mol. The number of anilines is 2. The van der Waals surface area contributed by atoms with Crippen LogP contribution in [0.1, 0.15) is 143 Å². The van der Waals surface area contributed by atoms with E-state index < -0.39 is 32.6 Å². The summed E-state index contributed by atoms with van der Waals surface area (Å²) in [4.78, 5) is 31.7. The zero-order valence-electron chi connectivity index (χ0n) is 32.8. The molecule has 0 bridgehead atoms. The Morgan fingerprint density at radius 1 is 0.906 bits per heavy atom. The van der Waals surface area contributed by atoms with E-state index in [1.165, 1.54) is 90.2 Å². The molecule has 1 aliphatic rings. The van der Waals surface area contributed by atoms with Crippen molar-refractivity contribution < 1.29 is 46.9 Å². The molecule has 1 aliphatic carbocycles. The highest BCUT2D eigenvalue weighted by Crippen LogP contribution is 2.49. The largest absolute Gasteiger partial charge is 0.510 e. The van der Waals surface area contributed by atoms with Gasteiger partial charge in [0.25, 0.3) is 0 Å². The van der Waals surface area contributed by atoms with Crippen molar-refractivity contribution in [3.63, 3.8) is 0 Å². The summed E-state index contributed by atoms with van der Waals surface area (Å²) in [6.07, 6.45) is 20.7. The second-order valence-corrected chi connectivity index (χ2v) is 16.0. The smallest absolute Gasteiger partial charge is 0.473 e. The molecule has 14 nitrogen and oxygen atoms in total. The van der Waals surface area contributed by atoms with Crippen molar-refractivity contribution in [2.75, 3.05) is 50.4 Å². The summed E-state index contributed by atoms with van der Waals surface area (Å²) in [7, 11) is -3.80. The van der Waals surface area contributed by atoms with Gasteiger partial charge in [-0.1, -0.05) is 90.4 Å². The van der Waals surface area contributed by atoms with Gasteiger partial charge in [-0.05, 0) is 46.0 Å². The number of rotatable bonds is 33. The number of ether oxygens (including phenoxy) is 5. The van der Waals surface area contributed by atoms with Crippen molar-refractivity contribution in [2.24, 2.45) is 0 Å². The highest BCUT2D eigenvalue weighted by molar-refractivity contribution is 7.53. The van der Waals surface area contributed by atoms with Crippen LogP contribution >= 0.6 is 7.60 Å². The number of hydrogen-bond donors (Lipinski definition) is 2. The topological polar surface area (TPSA) is 180 Å². The standard InChI is InChI=1S/C38H67N4O10P/c1-5-6-7-8-9-10-11-12-13-14-15-16-17-18-23-46-24-19-25-50-53(45,51-30-49-38(44)52-31(2)3)26-22-33(28-47-32(4)43)29-48-36-27-35(40-34-20-21-34)41-37(39)42-36/h27-28,31,34H,5-26,29-30H2,1-4H3,(H3,39,40,41,42)/b33-28-. The molecule has 304 valence electrons. The lowest BCUT2D eigenvalue weighted by Crippen LogP contribution is -2.15. The van der Waals surface area contributed by atoms with Gasteiger partial charge in [0.05, 0.1) is 25.1 Å². The fourth-order valence-corrected chi connectivity index (χ4v) is 6.73. The van der Waals surface area contributed by atoms with E-state index in [1.54, 1.807) is 19.9 Å². The third kappa shape index (κ3) is 25.7. The van der Waals surface area contributed by atoms with Gasteiger partial charge in [0.1, 0.15) is 12.4 Å². The van der Waals surface area contributed by atoms with Crippen LogP contribution in [0, 0.1) is 0 Å². The lowest BCUT2D eigenvalue weighted by Gasteiger charge is -2.19. The molecule has 3 N–H and O–H groups in total. The van der Waals surface area contributed by atoms with Gasteiger partial charge in [0.2, 0.25) is 18.6 Å². The van der Waals surface area contributed by atoms with Crippen molar-refractivity contribution in [1.82, 2.24) is 9.97 Å². The number of aromatic nitrogens is 2. The summed E-state index contributed by atoms with van der Waals surface area (Å²) in [5, 5.41) is 3.25. The molecule has 15 heteroatoms. The molecular formula is C38H67N4O10P. The molecule has 53 heavy (non-hydrogen) atoms. The summed E-state index contributed by atoms with van der Waals surface area (Å²) in [6.45, 7) is 7.40. The Morgan fingerprint density at radius 3 is 2.13 bits per heavy atom. The second kappa shape index (κ2) is 28.5. The van der Waals surface area contributed by atoms with E-state index in [-0.39, 0.29) is 37.6 Å². The minimum Gasteiger partial charge on any atom is -0.473 e. The average Bonchev–Trinajstić information content (AvgIpc) is 3.92. The number of hydrogen-bond acceptors (Lipinski definition) is 14. The zero-order valence-corrected chi connectivity index (χ0v) is 33.7. The Hall–Kier alpha value is -2.93. The van der Waals surface area contributed by atoms with Gasteiger partial charge >= 0.3 is 19.7 Å². The molecule has 2 rings (SSSR count). The van der Waals surface area contributed by atoms with Crippen LogP contribution in [0.5, 0.6) is 5.88 Å². The minimum atomic E-state index is -3.80. The number of esters is 1. The maximum absolute atomic E-state index is 13.8. The predicted octanol–water partition coefficient (Wildman–Crippen LogP) is 9.48. The van der Waals surface area contributed by atoms with E-state index in [0.717, 1.165) is 25.7 Å². The highest BCUT2D eigenvalue weighted by Gasteiger charge is 2.27. The van der Waals surface area contributed by atoms with Crippen LogP contribution in [-0.2, 0) is 37.4 Å². The van der Waals surface area contributed by atoms with Crippen LogP contribution in [0.25, 0.3) is 0 Å². The molecule has 0 spiro atoms. The zero-order chi connectivity index (χ0) is 38.6. The Morgan fingerprint density at radius 2 is 1.53 bits per heavy atom. The SMILES string of the molecule is CCCCCCCCCCCCCCCCOCCCOP(=O)(CC/C(=C/OC(C)=O)COc1cc(NC2CC2)nc(N)n1)OCOC(=O)OC(C)C. The highest BCUT2D eigenvalue weighted by atomic mass is 31.2. The monoisotopic (exact) mass is 770 g/mol. The third-order valence-corrected chi connectivity index (χ3v) is 10.1. The number of nitrogen functional groups attached to an aromatic ring is 1. The summed E-state index contributed by atoms with van der Waals surface area (Å²) >= 11 is 0. The molecule has 1 fully saturated rings. The van der Waals surface area contributed by atoms with E-state index in [1.807, 2.05) is 0 Å². The van der Waals surface area contributed by atoms with Crippen LogP contribution in [0.4, 0.5) is 16.6 Å². The molecule has 1 aromatic heterocycles. The fourth-order valence-electron chi connectivity index (χ4n) is 5.22. The molecule has 1 heterocycles. The van der Waals surface area contributed by atoms with Gasteiger partial charge in [-0.2, -0.15) is 9.97 Å². The van der Waals surface area contributed by atoms with Gasteiger partial charge in [-0.3, -0.25) is 13.9 Å². The maximum Gasteiger partial charge on any atom is 0.510 e. The quantitative estimate of drug-likeness (QED) is 0.0227. The van der Waals surface area contributed by atoms with Crippen molar-refractivity contribution in [1.29, 1.82) is 0 Å².